The Kier molecular flexibility index (Phi) is 3.69. The van der Waals surface area contributed by atoms with E-state index in [1.165, 1.54) is 65.0 Å². The minimum atomic E-state index is 0.894. The summed E-state index contributed by atoms with van der Waals surface area (Å²) in [6.07, 6.45) is 5.86. The van der Waals surface area contributed by atoms with Gasteiger partial charge in [0.25, 0.3) is 0 Å². The molecule has 0 radical (unpaired) electrons. The third kappa shape index (κ3) is 2.83. The molecule has 0 aromatic rings. The van der Waals surface area contributed by atoms with Gasteiger partial charge in [0.15, 0.2) is 0 Å². The number of hydrogen-bond acceptors (Lipinski definition) is 3. The van der Waals surface area contributed by atoms with Crippen LogP contribution in [0.3, 0.4) is 0 Å². The van der Waals surface area contributed by atoms with Gasteiger partial charge in [-0.05, 0) is 51.1 Å². The van der Waals surface area contributed by atoms with Gasteiger partial charge in [-0.2, -0.15) is 0 Å². The second-order valence-electron chi connectivity index (χ2n) is 6.24. The fourth-order valence-electron chi connectivity index (χ4n) is 3.48. The molecular formula is C14H27N3. The molecule has 1 N–H and O–H groups in total. The van der Waals surface area contributed by atoms with Crippen molar-refractivity contribution in [3.63, 3.8) is 0 Å². The normalized spacial score (nSPS) is 35.8. The Morgan fingerprint density at radius 3 is 2.29 bits per heavy atom. The predicted molar refractivity (Wildman–Crippen MR) is 71.2 cm³/mol. The van der Waals surface area contributed by atoms with E-state index in [1.807, 2.05) is 0 Å². The number of hydrogen-bond donors (Lipinski definition) is 1. The summed E-state index contributed by atoms with van der Waals surface area (Å²) < 4.78 is 0. The molecule has 3 nitrogen and oxygen atoms in total. The zero-order valence-corrected chi connectivity index (χ0v) is 11.2. The Bertz CT molecular complexity index is 244. The summed E-state index contributed by atoms with van der Waals surface area (Å²) in [5, 5.41) is 3.34. The summed E-state index contributed by atoms with van der Waals surface area (Å²) in [6, 6.07) is 0.894. The van der Waals surface area contributed by atoms with Crippen LogP contribution < -0.4 is 5.32 Å². The van der Waals surface area contributed by atoms with E-state index >= 15 is 0 Å². The van der Waals surface area contributed by atoms with Crippen LogP contribution in [-0.2, 0) is 0 Å². The van der Waals surface area contributed by atoms with Crippen molar-refractivity contribution >= 4 is 0 Å². The van der Waals surface area contributed by atoms with E-state index in [1.54, 1.807) is 0 Å². The Morgan fingerprint density at radius 1 is 1.00 bits per heavy atom. The third-order valence-electron chi connectivity index (χ3n) is 4.93. The molecule has 0 aromatic carbocycles. The maximum absolute atomic E-state index is 3.34. The lowest BCUT2D eigenvalue weighted by atomic mass is 9.78. The average Bonchev–Trinajstić information content (AvgIpc) is 3.11. The first-order chi connectivity index (χ1) is 8.36. The SMILES string of the molecule is CNCC1CCC1N1CCN(CC2CC2)CC1. The van der Waals surface area contributed by atoms with E-state index in [9.17, 15) is 0 Å². The van der Waals surface area contributed by atoms with Crippen molar-refractivity contribution in [3.05, 3.63) is 0 Å². The Hall–Kier alpha value is -0.120. The van der Waals surface area contributed by atoms with Crippen LogP contribution in [0.15, 0.2) is 0 Å². The molecule has 0 bridgehead atoms. The second-order valence-corrected chi connectivity index (χ2v) is 6.24. The van der Waals surface area contributed by atoms with E-state index in [4.69, 9.17) is 0 Å². The van der Waals surface area contributed by atoms with E-state index in [2.05, 4.69) is 22.2 Å². The molecule has 98 valence electrons. The Balaban J connectivity index is 1.41. The summed E-state index contributed by atoms with van der Waals surface area (Å²) in [5.74, 6) is 1.98. The van der Waals surface area contributed by atoms with Crippen LogP contribution in [0.2, 0.25) is 0 Å². The molecular weight excluding hydrogens is 210 g/mol. The summed E-state index contributed by atoms with van der Waals surface area (Å²) in [7, 11) is 2.09. The van der Waals surface area contributed by atoms with Gasteiger partial charge >= 0.3 is 0 Å². The Labute approximate surface area is 106 Å². The topological polar surface area (TPSA) is 18.5 Å². The van der Waals surface area contributed by atoms with E-state index < -0.39 is 0 Å². The van der Waals surface area contributed by atoms with Gasteiger partial charge in [0, 0.05) is 38.8 Å². The highest BCUT2D eigenvalue weighted by atomic mass is 15.3. The lowest BCUT2D eigenvalue weighted by Crippen LogP contribution is -2.57. The van der Waals surface area contributed by atoms with Crippen molar-refractivity contribution in [1.82, 2.24) is 15.1 Å². The summed E-state index contributed by atoms with van der Waals surface area (Å²) in [4.78, 5) is 5.45. The lowest BCUT2D eigenvalue weighted by molar-refractivity contribution is 0.0207. The molecule has 2 aliphatic carbocycles. The molecule has 2 unspecified atom stereocenters. The van der Waals surface area contributed by atoms with Crippen LogP contribution in [0.5, 0.6) is 0 Å². The highest BCUT2D eigenvalue weighted by Gasteiger charge is 2.36. The molecule has 2 atom stereocenters. The highest BCUT2D eigenvalue weighted by molar-refractivity contribution is 4.92. The number of piperazine rings is 1. The van der Waals surface area contributed by atoms with Gasteiger partial charge in [-0.15, -0.1) is 0 Å². The summed E-state index contributed by atoms with van der Waals surface area (Å²) in [6.45, 7) is 7.87. The van der Waals surface area contributed by atoms with Crippen LogP contribution in [0, 0.1) is 11.8 Å². The first kappa shape index (κ1) is 11.9. The Morgan fingerprint density at radius 2 is 1.76 bits per heavy atom. The monoisotopic (exact) mass is 237 g/mol. The summed E-state index contributed by atoms with van der Waals surface area (Å²) >= 11 is 0. The van der Waals surface area contributed by atoms with E-state index in [-0.39, 0.29) is 0 Å². The maximum atomic E-state index is 3.34. The molecule has 1 aliphatic heterocycles. The largest absolute Gasteiger partial charge is 0.319 e. The predicted octanol–water partition coefficient (Wildman–Crippen LogP) is 1.01. The quantitative estimate of drug-likeness (QED) is 0.770. The molecule has 0 aromatic heterocycles. The zero-order valence-electron chi connectivity index (χ0n) is 11.2. The maximum Gasteiger partial charge on any atom is 0.0137 e. The van der Waals surface area contributed by atoms with Crippen LogP contribution >= 0.6 is 0 Å². The van der Waals surface area contributed by atoms with E-state index in [0.717, 1.165) is 17.9 Å². The molecule has 3 rings (SSSR count). The highest BCUT2D eigenvalue weighted by Crippen LogP contribution is 2.33. The van der Waals surface area contributed by atoms with Crippen LogP contribution in [0.1, 0.15) is 25.7 Å². The van der Waals surface area contributed by atoms with Crippen molar-refractivity contribution in [2.75, 3.05) is 46.3 Å². The van der Waals surface area contributed by atoms with Crippen LogP contribution in [0.25, 0.3) is 0 Å². The van der Waals surface area contributed by atoms with Crippen molar-refractivity contribution in [3.8, 4) is 0 Å². The van der Waals surface area contributed by atoms with Crippen molar-refractivity contribution in [2.45, 2.75) is 31.7 Å². The number of nitrogens with zero attached hydrogens (tertiary/aromatic N) is 2. The minimum Gasteiger partial charge on any atom is -0.319 e. The van der Waals surface area contributed by atoms with Gasteiger partial charge in [0.2, 0.25) is 0 Å². The van der Waals surface area contributed by atoms with Crippen molar-refractivity contribution in [1.29, 1.82) is 0 Å². The third-order valence-corrected chi connectivity index (χ3v) is 4.93. The zero-order chi connectivity index (χ0) is 11.7. The second kappa shape index (κ2) is 5.25. The molecule has 3 heteroatoms. The smallest absolute Gasteiger partial charge is 0.0137 e. The van der Waals surface area contributed by atoms with Gasteiger partial charge < -0.3 is 10.2 Å². The lowest BCUT2D eigenvalue weighted by Gasteiger charge is -2.47. The van der Waals surface area contributed by atoms with E-state index in [0.29, 0.717) is 0 Å². The molecule has 0 amide bonds. The van der Waals surface area contributed by atoms with Crippen molar-refractivity contribution in [2.24, 2.45) is 11.8 Å². The van der Waals surface area contributed by atoms with Crippen LogP contribution in [-0.4, -0.2) is 62.2 Å². The standard InChI is InChI=1S/C14H27N3/c1-15-10-13-4-5-14(13)17-8-6-16(7-9-17)11-12-2-3-12/h12-15H,2-11H2,1H3. The molecule has 1 saturated heterocycles. The average molecular weight is 237 g/mol. The number of rotatable bonds is 5. The molecule has 1 heterocycles. The van der Waals surface area contributed by atoms with Gasteiger partial charge in [-0.3, -0.25) is 4.90 Å². The van der Waals surface area contributed by atoms with Gasteiger partial charge in [0.1, 0.15) is 0 Å². The first-order valence-electron chi connectivity index (χ1n) is 7.48. The molecule has 17 heavy (non-hydrogen) atoms. The molecule has 0 spiro atoms. The van der Waals surface area contributed by atoms with Gasteiger partial charge in [-0.25, -0.2) is 0 Å². The number of nitrogens with one attached hydrogen (secondary N) is 1. The summed E-state index contributed by atoms with van der Waals surface area (Å²) in [5.41, 5.74) is 0. The first-order valence-corrected chi connectivity index (χ1v) is 7.48. The fourth-order valence-corrected chi connectivity index (χ4v) is 3.48. The molecule has 3 aliphatic rings. The van der Waals surface area contributed by atoms with Gasteiger partial charge in [-0.1, -0.05) is 0 Å². The minimum absolute atomic E-state index is 0.894. The van der Waals surface area contributed by atoms with Crippen molar-refractivity contribution < 1.29 is 0 Å². The fraction of sp³-hybridized carbons (Fsp3) is 1.00. The molecule has 2 saturated carbocycles. The van der Waals surface area contributed by atoms with Crippen LogP contribution in [0.4, 0.5) is 0 Å². The molecule has 3 fully saturated rings. The van der Waals surface area contributed by atoms with Gasteiger partial charge in [0.05, 0.1) is 0 Å².